The van der Waals surface area contributed by atoms with Gasteiger partial charge in [-0.25, -0.2) is 0 Å². The standard InChI is InChI=1S/C27H31N3O2/c1-18-8-13-24-23(16-18)21-6-5-7-22(25(21)29-24)26(31)28-17-19-9-11-20(12-10-19)27(32)30-14-3-2-4-15-30/h5-7,9-12,18,29H,2-4,8,13-17H2,1H3,(H,28,31)/t18-/m0/s1. The molecule has 32 heavy (non-hydrogen) atoms. The average Bonchev–Trinajstić information content (AvgIpc) is 3.21. The van der Waals surface area contributed by atoms with Crippen molar-refractivity contribution in [3.8, 4) is 0 Å². The molecule has 0 radical (unpaired) electrons. The number of benzene rings is 2. The Hall–Kier alpha value is -3.08. The van der Waals surface area contributed by atoms with Crippen molar-refractivity contribution < 1.29 is 9.59 Å². The van der Waals surface area contributed by atoms with E-state index >= 15 is 0 Å². The average molecular weight is 430 g/mol. The van der Waals surface area contributed by atoms with Gasteiger partial charge < -0.3 is 15.2 Å². The van der Waals surface area contributed by atoms with E-state index in [1.807, 2.05) is 41.3 Å². The zero-order chi connectivity index (χ0) is 22.1. The molecule has 2 heterocycles. The number of carbonyl (C=O) groups excluding carboxylic acids is 2. The van der Waals surface area contributed by atoms with E-state index in [1.54, 1.807) is 0 Å². The monoisotopic (exact) mass is 429 g/mol. The molecule has 5 nitrogen and oxygen atoms in total. The predicted molar refractivity (Wildman–Crippen MR) is 127 cm³/mol. The van der Waals surface area contributed by atoms with Gasteiger partial charge in [0, 0.05) is 36.3 Å². The lowest BCUT2D eigenvalue weighted by molar-refractivity contribution is 0.0724. The fraction of sp³-hybridized carbons (Fsp3) is 0.407. The number of para-hydroxylation sites is 1. The molecule has 1 saturated heterocycles. The molecule has 0 bridgehead atoms. The first-order chi connectivity index (χ1) is 15.6. The smallest absolute Gasteiger partial charge is 0.253 e. The van der Waals surface area contributed by atoms with Crippen molar-refractivity contribution in [3.63, 3.8) is 0 Å². The molecule has 1 aromatic heterocycles. The van der Waals surface area contributed by atoms with Crippen LogP contribution in [0.5, 0.6) is 0 Å². The number of piperidine rings is 1. The van der Waals surface area contributed by atoms with Gasteiger partial charge in [0.05, 0.1) is 11.1 Å². The molecule has 1 fully saturated rings. The van der Waals surface area contributed by atoms with Gasteiger partial charge in [0.2, 0.25) is 0 Å². The summed E-state index contributed by atoms with van der Waals surface area (Å²) in [5.74, 6) is 0.719. The molecule has 3 aromatic rings. The fourth-order valence-corrected chi connectivity index (χ4v) is 5.13. The Bertz CT molecular complexity index is 1140. The Balaban J connectivity index is 1.27. The van der Waals surface area contributed by atoms with Crippen molar-refractivity contribution in [2.45, 2.75) is 52.0 Å². The Morgan fingerprint density at radius 1 is 1.06 bits per heavy atom. The molecule has 1 aliphatic heterocycles. The number of hydrogen-bond acceptors (Lipinski definition) is 2. The van der Waals surface area contributed by atoms with E-state index in [0.29, 0.717) is 18.0 Å². The third-order valence-electron chi connectivity index (χ3n) is 7.01. The van der Waals surface area contributed by atoms with Gasteiger partial charge in [-0.2, -0.15) is 0 Å². The number of likely N-dealkylation sites (tertiary alicyclic amines) is 1. The summed E-state index contributed by atoms with van der Waals surface area (Å²) in [5, 5.41) is 4.23. The van der Waals surface area contributed by atoms with Gasteiger partial charge >= 0.3 is 0 Å². The van der Waals surface area contributed by atoms with Crippen LogP contribution in [0.4, 0.5) is 0 Å². The molecule has 5 heteroatoms. The van der Waals surface area contributed by atoms with Crippen LogP contribution in [0.3, 0.4) is 0 Å². The Kier molecular flexibility index (Phi) is 5.73. The molecule has 2 aliphatic rings. The lowest BCUT2D eigenvalue weighted by atomic mass is 9.87. The number of nitrogens with one attached hydrogen (secondary N) is 2. The van der Waals surface area contributed by atoms with Gasteiger partial charge in [-0.3, -0.25) is 9.59 Å². The molecule has 0 spiro atoms. The van der Waals surface area contributed by atoms with Crippen molar-refractivity contribution in [2.75, 3.05) is 13.1 Å². The molecule has 2 amide bonds. The summed E-state index contributed by atoms with van der Waals surface area (Å²) in [5.41, 5.74) is 6.01. The molecular weight excluding hydrogens is 398 g/mol. The first-order valence-corrected chi connectivity index (χ1v) is 11.9. The number of H-pyrrole nitrogens is 1. The van der Waals surface area contributed by atoms with Gasteiger partial charge in [0.15, 0.2) is 0 Å². The summed E-state index contributed by atoms with van der Waals surface area (Å²) in [7, 11) is 0. The molecule has 1 aliphatic carbocycles. The summed E-state index contributed by atoms with van der Waals surface area (Å²) in [6.45, 7) is 4.43. The van der Waals surface area contributed by atoms with Crippen LogP contribution in [-0.4, -0.2) is 34.8 Å². The summed E-state index contributed by atoms with van der Waals surface area (Å²) < 4.78 is 0. The van der Waals surface area contributed by atoms with Crippen molar-refractivity contribution in [2.24, 2.45) is 5.92 Å². The highest BCUT2D eigenvalue weighted by molar-refractivity contribution is 6.06. The molecular formula is C27H31N3O2. The van der Waals surface area contributed by atoms with Crippen LogP contribution in [0.15, 0.2) is 42.5 Å². The van der Waals surface area contributed by atoms with Crippen LogP contribution in [0, 0.1) is 5.92 Å². The fourth-order valence-electron chi connectivity index (χ4n) is 5.13. The molecule has 5 rings (SSSR count). The maximum atomic E-state index is 13.0. The first-order valence-electron chi connectivity index (χ1n) is 11.9. The third-order valence-corrected chi connectivity index (χ3v) is 7.01. The van der Waals surface area contributed by atoms with Crippen LogP contribution in [0.1, 0.15) is 70.1 Å². The minimum absolute atomic E-state index is 0.0734. The number of nitrogens with zero attached hydrogens (tertiary/aromatic N) is 1. The van der Waals surface area contributed by atoms with Crippen molar-refractivity contribution >= 4 is 22.7 Å². The lowest BCUT2D eigenvalue weighted by Gasteiger charge is -2.26. The predicted octanol–water partition coefficient (Wildman–Crippen LogP) is 4.85. The van der Waals surface area contributed by atoms with Crippen LogP contribution in [0.25, 0.3) is 10.9 Å². The summed E-state index contributed by atoms with van der Waals surface area (Å²) in [6, 6.07) is 13.6. The molecule has 2 N–H and O–H groups in total. The number of rotatable bonds is 4. The molecule has 0 unspecified atom stereocenters. The number of aromatic nitrogens is 1. The highest BCUT2D eigenvalue weighted by Gasteiger charge is 2.22. The molecule has 1 atom stereocenters. The Morgan fingerprint density at radius 3 is 2.62 bits per heavy atom. The maximum absolute atomic E-state index is 13.0. The Morgan fingerprint density at radius 2 is 1.84 bits per heavy atom. The van der Waals surface area contributed by atoms with E-state index in [0.717, 1.165) is 55.4 Å². The number of aryl methyl sites for hydroxylation is 1. The molecule has 2 aromatic carbocycles. The zero-order valence-corrected chi connectivity index (χ0v) is 18.7. The lowest BCUT2D eigenvalue weighted by Crippen LogP contribution is -2.35. The van der Waals surface area contributed by atoms with E-state index < -0.39 is 0 Å². The second-order valence-corrected chi connectivity index (χ2v) is 9.39. The van der Waals surface area contributed by atoms with Crippen molar-refractivity contribution in [1.29, 1.82) is 0 Å². The normalized spacial score (nSPS) is 18.4. The number of aromatic amines is 1. The molecule has 0 saturated carbocycles. The second-order valence-electron chi connectivity index (χ2n) is 9.39. The summed E-state index contributed by atoms with van der Waals surface area (Å²) in [6.07, 6.45) is 6.70. The first kappa shape index (κ1) is 20.8. The van der Waals surface area contributed by atoms with Crippen LogP contribution >= 0.6 is 0 Å². The van der Waals surface area contributed by atoms with Crippen LogP contribution < -0.4 is 5.32 Å². The SMILES string of the molecule is C[C@H]1CCc2[nH]c3c(C(=O)NCc4ccc(C(=O)N5CCCCC5)cc4)cccc3c2C1. The van der Waals surface area contributed by atoms with Crippen molar-refractivity contribution in [3.05, 3.63) is 70.4 Å². The zero-order valence-electron chi connectivity index (χ0n) is 18.7. The van der Waals surface area contributed by atoms with Crippen LogP contribution in [0.2, 0.25) is 0 Å². The van der Waals surface area contributed by atoms with E-state index in [4.69, 9.17) is 0 Å². The minimum atomic E-state index is -0.0734. The number of carbonyl (C=O) groups is 2. The van der Waals surface area contributed by atoms with E-state index in [2.05, 4.69) is 23.3 Å². The van der Waals surface area contributed by atoms with E-state index in [9.17, 15) is 9.59 Å². The van der Waals surface area contributed by atoms with Gasteiger partial charge in [0.25, 0.3) is 11.8 Å². The van der Waals surface area contributed by atoms with Gasteiger partial charge in [-0.15, -0.1) is 0 Å². The highest BCUT2D eigenvalue weighted by Crippen LogP contribution is 2.33. The van der Waals surface area contributed by atoms with Crippen LogP contribution in [-0.2, 0) is 19.4 Å². The van der Waals surface area contributed by atoms with E-state index in [1.165, 1.54) is 29.5 Å². The topological polar surface area (TPSA) is 65.2 Å². The summed E-state index contributed by atoms with van der Waals surface area (Å²) in [4.78, 5) is 31.1. The van der Waals surface area contributed by atoms with Gasteiger partial charge in [-0.1, -0.05) is 31.2 Å². The van der Waals surface area contributed by atoms with Crippen molar-refractivity contribution in [1.82, 2.24) is 15.2 Å². The number of hydrogen-bond donors (Lipinski definition) is 2. The second kappa shape index (κ2) is 8.81. The largest absolute Gasteiger partial charge is 0.358 e. The van der Waals surface area contributed by atoms with Gasteiger partial charge in [-0.05, 0) is 73.8 Å². The number of amides is 2. The van der Waals surface area contributed by atoms with E-state index in [-0.39, 0.29) is 11.8 Å². The number of fused-ring (bicyclic) bond motifs is 3. The Labute approximate surface area is 189 Å². The molecule has 166 valence electrons. The highest BCUT2D eigenvalue weighted by atomic mass is 16.2. The quantitative estimate of drug-likeness (QED) is 0.623. The third kappa shape index (κ3) is 4.04. The maximum Gasteiger partial charge on any atom is 0.253 e. The minimum Gasteiger partial charge on any atom is -0.358 e. The van der Waals surface area contributed by atoms with Gasteiger partial charge in [0.1, 0.15) is 0 Å². The summed E-state index contributed by atoms with van der Waals surface area (Å²) >= 11 is 0.